The van der Waals surface area contributed by atoms with Gasteiger partial charge in [0.25, 0.3) is 0 Å². The molecule has 1 aromatic heterocycles. The molecule has 2 heterocycles. The van der Waals surface area contributed by atoms with Crippen LogP contribution in [0.1, 0.15) is 28.7 Å². The van der Waals surface area contributed by atoms with Crippen LogP contribution >= 0.6 is 11.3 Å². The van der Waals surface area contributed by atoms with E-state index in [-0.39, 0.29) is 0 Å². The molecule has 2 N–H and O–H groups in total. The summed E-state index contributed by atoms with van der Waals surface area (Å²) in [5.74, 6) is 0.684. The molecule has 2 unspecified atom stereocenters. The molecule has 1 aliphatic heterocycles. The van der Waals surface area contributed by atoms with Gasteiger partial charge in [-0.2, -0.15) is 11.3 Å². The van der Waals surface area contributed by atoms with Gasteiger partial charge in [0.2, 0.25) is 0 Å². The average molecular weight is 314 g/mol. The molecule has 1 saturated heterocycles. The van der Waals surface area contributed by atoms with Gasteiger partial charge in [-0.05, 0) is 66.1 Å². The van der Waals surface area contributed by atoms with Crippen molar-refractivity contribution < 1.29 is 0 Å². The molecule has 0 radical (unpaired) electrons. The van der Waals surface area contributed by atoms with Gasteiger partial charge in [0.1, 0.15) is 0 Å². The zero-order valence-corrected chi connectivity index (χ0v) is 14.4. The maximum Gasteiger partial charge on any atom is 0.0237 e. The highest BCUT2D eigenvalue weighted by atomic mass is 32.1. The molecule has 3 rings (SSSR count). The van der Waals surface area contributed by atoms with Crippen molar-refractivity contribution in [3.8, 4) is 0 Å². The van der Waals surface area contributed by atoms with Crippen LogP contribution in [0.25, 0.3) is 0 Å². The van der Waals surface area contributed by atoms with Gasteiger partial charge in [-0.15, -0.1) is 0 Å². The normalized spacial score (nSPS) is 22.9. The number of likely N-dealkylation sites (tertiary alicyclic amines) is 1. The predicted octanol–water partition coefficient (Wildman–Crippen LogP) is 3.76. The van der Waals surface area contributed by atoms with E-state index in [1.165, 1.54) is 28.7 Å². The van der Waals surface area contributed by atoms with Crippen molar-refractivity contribution in [2.75, 3.05) is 13.1 Å². The van der Waals surface area contributed by atoms with Crippen LogP contribution in [0.15, 0.2) is 35.0 Å². The molecule has 1 aliphatic rings. The van der Waals surface area contributed by atoms with Crippen LogP contribution in [0, 0.1) is 19.8 Å². The van der Waals surface area contributed by atoms with E-state index in [9.17, 15) is 0 Å². The van der Waals surface area contributed by atoms with Crippen molar-refractivity contribution in [1.82, 2.24) is 4.90 Å². The van der Waals surface area contributed by atoms with Crippen LogP contribution < -0.4 is 5.73 Å². The summed E-state index contributed by atoms with van der Waals surface area (Å²) in [4.78, 5) is 2.54. The Hall–Kier alpha value is -1.16. The smallest absolute Gasteiger partial charge is 0.0237 e. The van der Waals surface area contributed by atoms with Gasteiger partial charge in [-0.3, -0.25) is 4.90 Å². The lowest BCUT2D eigenvalue weighted by Crippen LogP contribution is -2.47. The van der Waals surface area contributed by atoms with Crippen molar-refractivity contribution in [3.05, 3.63) is 57.3 Å². The molecule has 1 fully saturated rings. The number of thiophene rings is 1. The Bertz CT molecular complexity index is 606. The first-order valence-corrected chi connectivity index (χ1v) is 9.09. The Morgan fingerprint density at radius 1 is 1.23 bits per heavy atom. The Balaban J connectivity index is 1.65. The summed E-state index contributed by atoms with van der Waals surface area (Å²) in [6.07, 6.45) is 2.32. The topological polar surface area (TPSA) is 29.3 Å². The summed E-state index contributed by atoms with van der Waals surface area (Å²) >= 11 is 1.79. The van der Waals surface area contributed by atoms with E-state index in [0.29, 0.717) is 12.0 Å². The summed E-state index contributed by atoms with van der Waals surface area (Å²) in [6, 6.07) is 9.33. The second-order valence-electron chi connectivity index (χ2n) is 6.82. The molecular formula is C19H26N2S. The third kappa shape index (κ3) is 3.97. The molecule has 0 bridgehead atoms. The van der Waals surface area contributed by atoms with Crippen LogP contribution in [0.4, 0.5) is 0 Å². The number of benzene rings is 1. The van der Waals surface area contributed by atoms with Crippen LogP contribution in [0.5, 0.6) is 0 Å². The average Bonchev–Trinajstić information content (AvgIpc) is 2.94. The number of aryl methyl sites for hydroxylation is 2. The Morgan fingerprint density at radius 3 is 2.82 bits per heavy atom. The summed E-state index contributed by atoms with van der Waals surface area (Å²) in [7, 11) is 0. The quantitative estimate of drug-likeness (QED) is 0.931. The van der Waals surface area contributed by atoms with E-state index in [4.69, 9.17) is 5.73 Å². The molecule has 1 aromatic carbocycles. The first-order valence-electron chi connectivity index (χ1n) is 8.15. The second-order valence-corrected chi connectivity index (χ2v) is 7.60. The van der Waals surface area contributed by atoms with Crippen LogP contribution in [0.2, 0.25) is 0 Å². The SMILES string of the molecule is Cc1ccc(CN2CC(N)CC(Cc3ccsc3)C2)c(C)c1. The van der Waals surface area contributed by atoms with Crippen molar-refractivity contribution in [2.45, 2.75) is 39.3 Å². The number of hydrogen-bond donors (Lipinski definition) is 1. The molecule has 2 nitrogen and oxygen atoms in total. The molecule has 0 aliphatic carbocycles. The van der Waals surface area contributed by atoms with Crippen molar-refractivity contribution in [2.24, 2.45) is 11.7 Å². The molecule has 22 heavy (non-hydrogen) atoms. The molecule has 2 aromatic rings. The molecule has 0 amide bonds. The maximum absolute atomic E-state index is 6.32. The third-order valence-corrected chi connectivity index (χ3v) is 5.37. The predicted molar refractivity (Wildman–Crippen MR) is 95.3 cm³/mol. The zero-order chi connectivity index (χ0) is 15.5. The van der Waals surface area contributed by atoms with E-state index in [0.717, 1.165) is 26.1 Å². The standard InChI is InChI=1S/C19H26N2S/c1-14-3-4-18(15(2)7-14)11-21-10-17(9-19(20)12-21)8-16-5-6-22-13-16/h3-7,13,17,19H,8-12,20H2,1-2H3. The van der Waals surface area contributed by atoms with E-state index < -0.39 is 0 Å². The molecule has 0 saturated carbocycles. The van der Waals surface area contributed by atoms with Crippen molar-refractivity contribution >= 4 is 11.3 Å². The molecule has 3 heteroatoms. The third-order valence-electron chi connectivity index (χ3n) is 4.64. The van der Waals surface area contributed by atoms with Gasteiger partial charge in [0.15, 0.2) is 0 Å². The highest BCUT2D eigenvalue weighted by molar-refractivity contribution is 7.07. The Labute approximate surface area is 138 Å². The van der Waals surface area contributed by atoms with Gasteiger partial charge >= 0.3 is 0 Å². The number of piperidine rings is 1. The largest absolute Gasteiger partial charge is 0.327 e. The summed E-state index contributed by atoms with van der Waals surface area (Å²) in [5.41, 5.74) is 12.0. The maximum atomic E-state index is 6.32. The Kier molecular flexibility index (Phi) is 4.97. The number of hydrogen-bond acceptors (Lipinski definition) is 3. The summed E-state index contributed by atoms with van der Waals surface area (Å²) < 4.78 is 0. The fourth-order valence-corrected chi connectivity index (χ4v) is 4.31. The number of nitrogens with zero attached hydrogens (tertiary/aromatic N) is 1. The van der Waals surface area contributed by atoms with E-state index in [1.807, 2.05) is 0 Å². The lowest BCUT2D eigenvalue weighted by Gasteiger charge is -2.36. The van der Waals surface area contributed by atoms with E-state index >= 15 is 0 Å². The lowest BCUT2D eigenvalue weighted by molar-refractivity contribution is 0.149. The molecular weight excluding hydrogens is 288 g/mol. The van der Waals surface area contributed by atoms with E-state index in [2.05, 4.69) is 53.8 Å². The van der Waals surface area contributed by atoms with Gasteiger partial charge < -0.3 is 5.73 Å². The highest BCUT2D eigenvalue weighted by Gasteiger charge is 2.25. The molecule has 118 valence electrons. The summed E-state index contributed by atoms with van der Waals surface area (Å²) in [6.45, 7) is 7.59. The fraction of sp³-hybridized carbons (Fsp3) is 0.474. The van der Waals surface area contributed by atoms with Gasteiger partial charge in [0.05, 0.1) is 0 Å². The first kappa shape index (κ1) is 15.7. The van der Waals surface area contributed by atoms with Crippen LogP contribution in [-0.2, 0) is 13.0 Å². The van der Waals surface area contributed by atoms with E-state index in [1.54, 1.807) is 11.3 Å². The minimum atomic E-state index is 0.308. The summed E-state index contributed by atoms with van der Waals surface area (Å²) in [5, 5.41) is 4.44. The van der Waals surface area contributed by atoms with Gasteiger partial charge in [0, 0.05) is 25.7 Å². The molecule has 2 atom stereocenters. The van der Waals surface area contributed by atoms with Crippen molar-refractivity contribution in [3.63, 3.8) is 0 Å². The fourth-order valence-electron chi connectivity index (χ4n) is 3.63. The minimum Gasteiger partial charge on any atom is -0.327 e. The van der Waals surface area contributed by atoms with Crippen molar-refractivity contribution in [1.29, 1.82) is 0 Å². The number of rotatable bonds is 4. The van der Waals surface area contributed by atoms with Gasteiger partial charge in [-0.25, -0.2) is 0 Å². The molecule has 0 spiro atoms. The lowest BCUT2D eigenvalue weighted by atomic mass is 9.89. The Morgan fingerprint density at radius 2 is 2.09 bits per heavy atom. The number of nitrogens with two attached hydrogens (primary N) is 1. The monoisotopic (exact) mass is 314 g/mol. The van der Waals surface area contributed by atoms with Crippen LogP contribution in [0.3, 0.4) is 0 Å². The van der Waals surface area contributed by atoms with Crippen LogP contribution in [-0.4, -0.2) is 24.0 Å². The first-order chi connectivity index (χ1) is 10.6. The highest BCUT2D eigenvalue weighted by Crippen LogP contribution is 2.23. The minimum absolute atomic E-state index is 0.308. The van der Waals surface area contributed by atoms with Gasteiger partial charge in [-0.1, -0.05) is 23.8 Å². The second kappa shape index (κ2) is 6.95. The zero-order valence-electron chi connectivity index (χ0n) is 13.6.